The van der Waals surface area contributed by atoms with Gasteiger partial charge < -0.3 is 4.74 Å². The molecule has 0 atom stereocenters. The Morgan fingerprint density at radius 2 is 2.22 bits per heavy atom. The zero-order valence-corrected chi connectivity index (χ0v) is 10.3. The van der Waals surface area contributed by atoms with Crippen LogP contribution in [0.4, 0.5) is 13.2 Å². The van der Waals surface area contributed by atoms with Crippen LogP contribution in [0.5, 0.6) is 0 Å². The van der Waals surface area contributed by atoms with Crippen molar-refractivity contribution in [2.75, 3.05) is 6.61 Å². The molecule has 1 heterocycles. The van der Waals surface area contributed by atoms with E-state index in [2.05, 4.69) is 9.72 Å². The molecule has 0 aliphatic carbocycles. The van der Waals surface area contributed by atoms with Crippen molar-refractivity contribution >= 4 is 17.6 Å². The molecule has 0 unspecified atom stereocenters. The summed E-state index contributed by atoms with van der Waals surface area (Å²) in [6.45, 7) is 1.71. The molecule has 100 valence electrons. The maximum Gasteiger partial charge on any atom is 0.311 e. The number of aromatic nitrogens is 1. The number of halogens is 4. The fourth-order valence-corrected chi connectivity index (χ4v) is 1.56. The molecule has 0 saturated carbocycles. The van der Waals surface area contributed by atoms with E-state index in [1.807, 2.05) is 0 Å². The summed E-state index contributed by atoms with van der Waals surface area (Å²) < 4.78 is 43.4. The molecule has 0 aliphatic rings. The van der Waals surface area contributed by atoms with Crippen LogP contribution < -0.4 is 0 Å². The van der Waals surface area contributed by atoms with Gasteiger partial charge in [-0.1, -0.05) is 0 Å². The molecule has 0 aliphatic heterocycles. The zero-order chi connectivity index (χ0) is 13.7. The van der Waals surface area contributed by atoms with Crippen LogP contribution in [0.25, 0.3) is 0 Å². The van der Waals surface area contributed by atoms with Crippen molar-refractivity contribution in [1.82, 2.24) is 4.98 Å². The van der Waals surface area contributed by atoms with Gasteiger partial charge in [-0.2, -0.15) is 0 Å². The number of pyridine rings is 1. The molecule has 0 N–H and O–H groups in total. The van der Waals surface area contributed by atoms with Gasteiger partial charge in [0.25, 0.3) is 6.43 Å². The standard InChI is InChI=1S/C11H11ClF3NO2/c1-2-18-9(17)4-8-7(13)3-6(5-12)10(16-8)11(14)15/h3,11H,2,4-5H2,1H3. The summed E-state index contributed by atoms with van der Waals surface area (Å²) in [6, 6.07) is 0.871. The highest BCUT2D eigenvalue weighted by atomic mass is 35.5. The normalized spacial score (nSPS) is 10.8. The van der Waals surface area contributed by atoms with E-state index in [0.717, 1.165) is 6.07 Å². The van der Waals surface area contributed by atoms with Crippen molar-refractivity contribution in [3.05, 3.63) is 28.8 Å². The Hall–Kier alpha value is -1.30. The summed E-state index contributed by atoms with van der Waals surface area (Å²) in [7, 11) is 0. The Labute approximate surface area is 107 Å². The average molecular weight is 282 g/mol. The second kappa shape index (κ2) is 6.58. The quantitative estimate of drug-likeness (QED) is 0.615. The highest BCUT2D eigenvalue weighted by Gasteiger charge is 2.20. The molecule has 3 nitrogen and oxygen atoms in total. The fourth-order valence-electron chi connectivity index (χ4n) is 1.35. The lowest BCUT2D eigenvalue weighted by atomic mass is 10.1. The maximum absolute atomic E-state index is 13.5. The fraction of sp³-hybridized carbons (Fsp3) is 0.455. The Morgan fingerprint density at radius 1 is 1.56 bits per heavy atom. The molecule has 0 spiro atoms. The van der Waals surface area contributed by atoms with Gasteiger partial charge in [0.15, 0.2) is 0 Å². The van der Waals surface area contributed by atoms with Crippen molar-refractivity contribution in [1.29, 1.82) is 0 Å². The minimum Gasteiger partial charge on any atom is -0.466 e. The first-order valence-electron chi connectivity index (χ1n) is 5.17. The number of esters is 1. The van der Waals surface area contributed by atoms with Gasteiger partial charge in [0, 0.05) is 5.88 Å². The van der Waals surface area contributed by atoms with Gasteiger partial charge in [-0.3, -0.25) is 4.79 Å². The van der Waals surface area contributed by atoms with Gasteiger partial charge in [0.1, 0.15) is 11.5 Å². The Morgan fingerprint density at radius 3 is 2.72 bits per heavy atom. The van der Waals surface area contributed by atoms with Crippen molar-refractivity contribution in [2.45, 2.75) is 25.7 Å². The van der Waals surface area contributed by atoms with E-state index >= 15 is 0 Å². The molecule has 1 aromatic rings. The van der Waals surface area contributed by atoms with Crippen LogP contribution >= 0.6 is 11.6 Å². The van der Waals surface area contributed by atoms with E-state index < -0.39 is 30.3 Å². The smallest absolute Gasteiger partial charge is 0.311 e. The van der Waals surface area contributed by atoms with Gasteiger partial charge in [-0.15, -0.1) is 11.6 Å². The van der Waals surface area contributed by atoms with E-state index in [1.54, 1.807) is 6.92 Å². The molecular weight excluding hydrogens is 271 g/mol. The van der Waals surface area contributed by atoms with Gasteiger partial charge in [0.05, 0.1) is 18.7 Å². The third-order valence-electron chi connectivity index (χ3n) is 2.13. The number of ether oxygens (including phenoxy) is 1. The van der Waals surface area contributed by atoms with E-state index in [0.29, 0.717) is 0 Å². The lowest BCUT2D eigenvalue weighted by molar-refractivity contribution is -0.142. The molecule has 0 amide bonds. The van der Waals surface area contributed by atoms with Crippen LogP contribution in [0.1, 0.15) is 30.3 Å². The topological polar surface area (TPSA) is 39.2 Å². The summed E-state index contributed by atoms with van der Waals surface area (Å²) in [5, 5.41) is 0. The SMILES string of the molecule is CCOC(=O)Cc1nc(C(F)F)c(CCl)cc1F. The summed E-state index contributed by atoms with van der Waals surface area (Å²) in [5.74, 6) is -1.84. The first-order valence-corrected chi connectivity index (χ1v) is 5.71. The number of hydrogen-bond acceptors (Lipinski definition) is 3. The van der Waals surface area contributed by atoms with Gasteiger partial charge in [-0.05, 0) is 18.6 Å². The molecule has 7 heteroatoms. The molecule has 18 heavy (non-hydrogen) atoms. The number of carbonyl (C=O) groups is 1. The predicted molar refractivity (Wildman–Crippen MR) is 59.0 cm³/mol. The highest BCUT2D eigenvalue weighted by molar-refractivity contribution is 6.17. The van der Waals surface area contributed by atoms with E-state index in [1.165, 1.54) is 0 Å². The minimum absolute atomic E-state index is 0.0863. The molecule has 0 saturated heterocycles. The van der Waals surface area contributed by atoms with Crippen LogP contribution in [0.15, 0.2) is 6.07 Å². The van der Waals surface area contributed by atoms with Crippen molar-refractivity contribution < 1.29 is 22.7 Å². The molecular formula is C11H11ClF3NO2. The Balaban J connectivity index is 3.05. The van der Waals surface area contributed by atoms with Crippen LogP contribution in [0, 0.1) is 5.82 Å². The van der Waals surface area contributed by atoms with E-state index in [4.69, 9.17) is 11.6 Å². The highest BCUT2D eigenvalue weighted by Crippen LogP contribution is 2.24. The number of rotatable bonds is 5. The minimum atomic E-state index is -2.87. The van der Waals surface area contributed by atoms with Crippen LogP contribution in [-0.2, 0) is 21.8 Å². The predicted octanol–water partition coefficient (Wildman–Crippen LogP) is 3.00. The van der Waals surface area contributed by atoms with E-state index in [9.17, 15) is 18.0 Å². The molecule has 1 aromatic heterocycles. The largest absolute Gasteiger partial charge is 0.466 e. The average Bonchev–Trinajstić information content (AvgIpc) is 2.31. The van der Waals surface area contributed by atoms with Gasteiger partial charge in [0.2, 0.25) is 0 Å². The third-order valence-corrected chi connectivity index (χ3v) is 2.42. The number of carbonyl (C=O) groups excluding carboxylic acids is 1. The lowest BCUT2D eigenvalue weighted by Gasteiger charge is -2.09. The van der Waals surface area contributed by atoms with Crippen LogP contribution in [0.3, 0.4) is 0 Å². The summed E-state index contributed by atoms with van der Waals surface area (Å²) in [5.41, 5.74) is -1.06. The van der Waals surface area contributed by atoms with Gasteiger partial charge >= 0.3 is 5.97 Å². The first kappa shape index (κ1) is 14.8. The van der Waals surface area contributed by atoms with Crippen molar-refractivity contribution in [3.63, 3.8) is 0 Å². The number of hydrogen-bond donors (Lipinski definition) is 0. The van der Waals surface area contributed by atoms with Gasteiger partial charge in [-0.25, -0.2) is 18.2 Å². The number of alkyl halides is 3. The molecule has 0 radical (unpaired) electrons. The second-order valence-electron chi connectivity index (χ2n) is 3.38. The third kappa shape index (κ3) is 3.60. The zero-order valence-electron chi connectivity index (χ0n) is 9.55. The first-order chi connectivity index (χ1) is 8.49. The molecule has 1 rings (SSSR count). The van der Waals surface area contributed by atoms with E-state index in [-0.39, 0.29) is 23.7 Å². The Kier molecular flexibility index (Phi) is 5.40. The maximum atomic E-state index is 13.5. The monoisotopic (exact) mass is 281 g/mol. The Bertz CT molecular complexity index is 441. The van der Waals surface area contributed by atoms with Crippen molar-refractivity contribution in [3.8, 4) is 0 Å². The summed E-state index contributed by atoms with van der Waals surface area (Å²) >= 11 is 5.42. The second-order valence-corrected chi connectivity index (χ2v) is 3.64. The van der Waals surface area contributed by atoms with Crippen LogP contribution in [-0.4, -0.2) is 17.6 Å². The molecule has 0 fully saturated rings. The molecule has 0 bridgehead atoms. The number of nitrogens with zero attached hydrogens (tertiary/aromatic N) is 1. The van der Waals surface area contributed by atoms with Crippen molar-refractivity contribution in [2.24, 2.45) is 0 Å². The van der Waals surface area contributed by atoms with Crippen LogP contribution in [0.2, 0.25) is 0 Å². The summed E-state index contributed by atoms with van der Waals surface area (Å²) in [6.07, 6.45) is -3.36. The summed E-state index contributed by atoms with van der Waals surface area (Å²) in [4.78, 5) is 14.6. The molecule has 0 aromatic carbocycles. The lowest BCUT2D eigenvalue weighted by Crippen LogP contribution is -2.12.